The van der Waals surface area contributed by atoms with Crippen molar-refractivity contribution in [2.24, 2.45) is 12.9 Å². The minimum Gasteiger partial charge on any atom is -0.276 e. The number of nitrogens with two attached hydrogens (primary N) is 1. The van der Waals surface area contributed by atoms with E-state index in [1.54, 1.807) is 10.9 Å². The summed E-state index contributed by atoms with van der Waals surface area (Å²) in [7, 11) is 1.91. The van der Waals surface area contributed by atoms with Crippen LogP contribution in [0.4, 0.5) is 0 Å². The number of hydrogen-bond acceptors (Lipinski definition) is 4. The second-order valence-electron chi connectivity index (χ2n) is 4.86. The normalized spacial score (nSPS) is 12.7. The first-order chi connectivity index (χ1) is 9.76. The van der Waals surface area contributed by atoms with Gasteiger partial charge in [-0.15, -0.1) is 0 Å². The number of hydrazine groups is 1. The summed E-state index contributed by atoms with van der Waals surface area (Å²) in [4.78, 5) is 4.33. The van der Waals surface area contributed by atoms with Gasteiger partial charge in [-0.05, 0) is 29.8 Å². The maximum Gasteiger partial charge on any atom is 0.0702 e. The number of pyridine rings is 1. The lowest BCUT2D eigenvalue weighted by Gasteiger charge is -2.15. The topological polar surface area (TPSA) is 68.8 Å². The van der Waals surface area contributed by atoms with Crippen molar-refractivity contribution in [2.75, 3.05) is 0 Å². The monoisotopic (exact) mass is 267 g/mol. The predicted octanol–water partition coefficient (Wildman–Crippen LogP) is 1.72. The predicted molar refractivity (Wildman–Crippen MR) is 78.7 cm³/mol. The average molecular weight is 267 g/mol. The van der Waals surface area contributed by atoms with Gasteiger partial charge < -0.3 is 0 Å². The number of nitrogens with zero attached hydrogens (tertiary/aromatic N) is 3. The Bertz CT molecular complexity index is 719. The molecule has 3 N–H and O–H groups in total. The molecule has 0 aliphatic rings. The van der Waals surface area contributed by atoms with Crippen LogP contribution in [0.15, 0.2) is 48.8 Å². The molecule has 0 amide bonds. The molecule has 1 unspecified atom stereocenters. The van der Waals surface area contributed by atoms with Crippen LogP contribution in [0.2, 0.25) is 0 Å². The zero-order chi connectivity index (χ0) is 13.9. The van der Waals surface area contributed by atoms with Crippen molar-refractivity contribution >= 4 is 10.9 Å². The van der Waals surface area contributed by atoms with Crippen LogP contribution in [-0.4, -0.2) is 14.8 Å². The average Bonchev–Trinajstić information content (AvgIpc) is 2.89. The highest BCUT2D eigenvalue weighted by atomic mass is 15.3. The Balaban J connectivity index is 1.90. The smallest absolute Gasteiger partial charge is 0.0702 e. The van der Waals surface area contributed by atoms with E-state index in [4.69, 9.17) is 5.84 Å². The summed E-state index contributed by atoms with van der Waals surface area (Å²) in [5.41, 5.74) is 6.01. The lowest BCUT2D eigenvalue weighted by atomic mass is 10.0. The van der Waals surface area contributed by atoms with Gasteiger partial charge in [-0.25, -0.2) is 0 Å². The summed E-state index contributed by atoms with van der Waals surface area (Å²) in [5, 5.41) is 5.51. The molecule has 0 saturated carbocycles. The van der Waals surface area contributed by atoms with Crippen molar-refractivity contribution < 1.29 is 0 Å². The Kier molecular flexibility index (Phi) is 3.45. The van der Waals surface area contributed by atoms with Gasteiger partial charge in [0.05, 0.1) is 17.3 Å². The number of benzene rings is 1. The van der Waals surface area contributed by atoms with Gasteiger partial charge in [0.2, 0.25) is 0 Å². The first kappa shape index (κ1) is 12.8. The molecule has 0 aliphatic carbocycles. The van der Waals surface area contributed by atoms with Gasteiger partial charge in [0, 0.05) is 31.2 Å². The summed E-state index contributed by atoms with van der Waals surface area (Å²) in [5.74, 6) is 5.70. The zero-order valence-corrected chi connectivity index (χ0v) is 11.3. The summed E-state index contributed by atoms with van der Waals surface area (Å²) < 4.78 is 1.80. The molecule has 2 aromatic heterocycles. The Morgan fingerprint density at radius 3 is 2.95 bits per heavy atom. The third-order valence-corrected chi connectivity index (χ3v) is 3.41. The minimum absolute atomic E-state index is 0.0366. The summed E-state index contributed by atoms with van der Waals surface area (Å²) in [6.45, 7) is 0. The highest BCUT2D eigenvalue weighted by Gasteiger charge is 2.12. The van der Waals surface area contributed by atoms with Crippen LogP contribution in [0.3, 0.4) is 0 Å². The largest absolute Gasteiger partial charge is 0.276 e. The van der Waals surface area contributed by atoms with Gasteiger partial charge >= 0.3 is 0 Å². The molecular formula is C15H17N5. The Morgan fingerprint density at radius 2 is 2.20 bits per heavy atom. The van der Waals surface area contributed by atoms with Crippen molar-refractivity contribution in [3.05, 3.63) is 60.0 Å². The Hall–Kier alpha value is -2.24. The Morgan fingerprint density at radius 1 is 1.30 bits per heavy atom. The summed E-state index contributed by atoms with van der Waals surface area (Å²) >= 11 is 0. The lowest BCUT2D eigenvalue weighted by molar-refractivity contribution is 0.542. The third kappa shape index (κ3) is 2.54. The van der Waals surface area contributed by atoms with Crippen LogP contribution >= 0.6 is 0 Å². The quantitative estimate of drug-likeness (QED) is 0.558. The van der Waals surface area contributed by atoms with Gasteiger partial charge in [-0.1, -0.05) is 12.1 Å². The molecule has 0 aliphatic heterocycles. The summed E-state index contributed by atoms with van der Waals surface area (Å²) in [6.07, 6.45) is 4.49. The van der Waals surface area contributed by atoms with E-state index in [2.05, 4.69) is 33.7 Å². The van der Waals surface area contributed by atoms with E-state index in [0.717, 1.165) is 28.6 Å². The standard InChI is InChI=1S/C15H17N5/c1-20-8-6-13(19-20)10-15(18-16)12-4-5-14-11(9-12)3-2-7-17-14/h2-9,15,18H,10,16H2,1H3. The molecule has 0 radical (unpaired) electrons. The molecule has 5 heteroatoms. The molecule has 2 heterocycles. The molecule has 0 saturated heterocycles. The van der Waals surface area contributed by atoms with Crippen molar-refractivity contribution in [1.82, 2.24) is 20.2 Å². The van der Waals surface area contributed by atoms with Gasteiger partial charge in [-0.3, -0.25) is 20.9 Å². The van der Waals surface area contributed by atoms with E-state index < -0.39 is 0 Å². The number of rotatable bonds is 4. The SMILES string of the molecule is Cn1ccc(CC(NN)c2ccc3ncccc3c2)n1. The van der Waals surface area contributed by atoms with Crippen LogP contribution in [0.25, 0.3) is 10.9 Å². The molecule has 0 fully saturated rings. The zero-order valence-electron chi connectivity index (χ0n) is 11.3. The number of aromatic nitrogens is 3. The molecule has 1 aromatic carbocycles. The van der Waals surface area contributed by atoms with Crippen molar-refractivity contribution in [3.8, 4) is 0 Å². The van der Waals surface area contributed by atoms with E-state index >= 15 is 0 Å². The van der Waals surface area contributed by atoms with E-state index in [1.165, 1.54) is 0 Å². The molecule has 3 aromatic rings. The lowest BCUT2D eigenvalue weighted by Crippen LogP contribution is -2.29. The van der Waals surface area contributed by atoms with Crippen molar-refractivity contribution in [3.63, 3.8) is 0 Å². The molecule has 5 nitrogen and oxygen atoms in total. The van der Waals surface area contributed by atoms with E-state index in [1.807, 2.05) is 31.4 Å². The maximum absolute atomic E-state index is 5.70. The van der Waals surface area contributed by atoms with Crippen molar-refractivity contribution in [2.45, 2.75) is 12.5 Å². The van der Waals surface area contributed by atoms with Crippen LogP contribution in [0.5, 0.6) is 0 Å². The fourth-order valence-electron chi connectivity index (χ4n) is 2.37. The highest BCUT2D eigenvalue weighted by Crippen LogP contribution is 2.21. The fourth-order valence-corrected chi connectivity index (χ4v) is 2.37. The number of aryl methyl sites for hydroxylation is 1. The van der Waals surface area contributed by atoms with Gasteiger partial charge in [0.1, 0.15) is 0 Å². The minimum atomic E-state index is 0.0366. The van der Waals surface area contributed by atoms with Gasteiger partial charge in [-0.2, -0.15) is 5.10 Å². The first-order valence-electron chi connectivity index (χ1n) is 6.55. The highest BCUT2D eigenvalue weighted by molar-refractivity contribution is 5.79. The fraction of sp³-hybridized carbons (Fsp3) is 0.200. The molecular weight excluding hydrogens is 250 g/mol. The Labute approximate surface area is 117 Å². The first-order valence-corrected chi connectivity index (χ1v) is 6.55. The van der Waals surface area contributed by atoms with Gasteiger partial charge in [0.25, 0.3) is 0 Å². The van der Waals surface area contributed by atoms with Gasteiger partial charge in [0.15, 0.2) is 0 Å². The molecule has 3 rings (SSSR count). The molecule has 102 valence electrons. The number of nitrogens with one attached hydrogen (secondary N) is 1. The molecule has 20 heavy (non-hydrogen) atoms. The number of hydrogen-bond donors (Lipinski definition) is 2. The van der Waals surface area contributed by atoms with Crippen LogP contribution in [0.1, 0.15) is 17.3 Å². The van der Waals surface area contributed by atoms with E-state index in [-0.39, 0.29) is 6.04 Å². The van der Waals surface area contributed by atoms with E-state index in [9.17, 15) is 0 Å². The van der Waals surface area contributed by atoms with Crippen LogP contribution in [-0.2, 0) is 13.5 Å². The molecule has 1 atom stereocenters. The van der Waals surface area contributed by atoms with E-state index in [0.29, 0.717) is 0 Å². The van der Waals surface area contributed by atoms with Crippen LogP contribution in [0, 0.1) is 0 Å². The maximum atomic E-state index is 5.70. The van der Waals surface area contributed by atoms with Crippen LogP contribution < -0.4 is 11.3 Å². The second kappa shape index (κ2) is 5.40. The molecule has 0 bridgehead atoms. The summed E-state index contributed by atoms with van der Waals surface area (Å²) in [6, 6.07) is 12.2. The number of fused-ring (bicyclic) bond motifs is 1. The second-order valence-corrected chi connectivity index (χ2v) is 4.86. The van der Waals surface area contributed by atoms with Crippen molar-refractivity contribution in [1.29, 1.82) is 0 Å². The third-order valence-electron chi connectivity index (χ3n) is 3.41. The molecule has 0 spiro atoms.